The van der Waals surface area contributed by atoms with Gasteiger partial charge in [0.25, 0.3) is 0 Å². The molecule has 0 fully saturated rings. The number of benzene rings is 2. The summed E-state index contributed by atoms with van der Waals surface area (Å²) in [5, 5.41) is 3.99. The van der Waals surface area contributed by atoms with Gasteiger partial charge in [-0.3, -0.25) is 0 Å². The lowest BCUT2D eigenvalue weighted by atomic mass is 10.3. The van der Waals surface area contributed by atoms with E-state index in [0.29, 0.717) is 27.4 Å². The summed E-state index contributed by atoms with van der Waals surface area (Å²) in [6.45, 7) is 0. The minimum Gasteiger partial charge on any atom is -0.399 e. The molecular formula is C13H9BrCl2N4. The van der Waals surface area contributed by atoms with E-state index in [9.17, 15) is 0 Å². The first-order valence-electron chi connectivity index (χ1n) is 5.70. The van der Waals surface area contributed by atoms with E-state index in [0.717, 1.165) is 15.5 Å². The molecule has 0 bridgehead atoms. The Morgan fingerprint density at radius 2 is 1.95 bits per heavy atom. The fraction of sp³-hybridized carbons (Fsp3) is 0. The lowest BCUT2D eigenvalue weighted by molar-refractivity contribution is 1.31. The topological polar surface area (TPSA) is 66.7 Å². The second-order valence-electron chi connectivity index (χ2n) is 4.21. The molecule has 0 radical (unpaired) electrons. The van der Waals surface area contributed by atoms with Gasteiger partial charge in [-0.1, -0.05) is 23.2 Å². The standard InChI is InChI=1S/C13H9BrCl2N4/c14-7-2-4-9(12(16)11(7)15)19-13-18-8-3-1-6(17)5-10(8)20-13/h1-5H,17H2,(H2,18,19,20). The molecule has 1 heterocycles. The molecule has 7 heteroatoms. The van der Waals surface area contributed by atoms with Crippen molar-refractivity contribution >= 4 is 67.5 Å². The Labute approximate surface area is 133 Å². The van der Waals surface area contributed by atoms with Gasteiger partial charge in [0.2, 0.25) is 5.95 Å². The van der Waals surface area contributed by atoms with E-state index in [-0.39, 0.29) is 0 Å². The van der Waals surface area contributed by atoms with Crippen LogP contribution in [0.15, 0.2) is 34.8 Å². The molecule has 1 aromatic heterocycles. The number of nitrogens with two attached hydrogens (primary N) is 1. The van der Waals surface area contributed by atoms with Gasteiger partial charge in [0.1, 0.15) is 0 Å². The summed E-state index contributed by atoms with van der Waals surface area (Å²) >= 11 is 15.6. The monoisotopic (exact) mass is 370 g/mol. The highest BCUT2D eigenvalue weighted by molar-refractivity contribution is 9.10. The van der Waals surface area contributed by atoms with Crippen LogP contribution >= 0.6 is 39.1 Å². The highest BCUT2D eigenvalue weighted by Gasteiger charge is 2.10. The van der Waals surface area contributed by atoms with Gasteiger partial charge >= 0.3 is 0 Å². The lowest BCUT2D eigenvalue weighted by Gasteiger charge is -2.07. The van der Waals surface area contributed by atoms with E-state index >= 15 is 0 Å². The quantitative estimate of drug-likeness (QED) is 0.440. The van der Waals surface area contributed by atoms with Crippen molar-refractivity contribution in [1.29, 1.82) is 0 Å². The Morgan fingerprint density at radius 3 is 2.75 bits per heavy atom. The zero-order chi connectivity index (χ0) is 14.3. The molecule has 3 rings (SSSR count). The first kappa shape index (κ1) is 13.5. The minimum atomic E-state index is 0.431. The molecule has 0 saturated carbocycles. The van der Waals surface area contributed by atoms with Gasteiger partial charge in [0, 0.05) is 10.2 Å². The fourth-order valence-electron chi connectivity index (χ4n) is 1.84. The number of anilines is 3. The third-order valence-electron chi connectivity index (χ3n) is 2.79. The number of imidazole rings is 1. The first-order valence-corrected chi connectivity index (χ1v) is 7.25. The largest absolute Gasteiger partial charge is 0.399 e. The summed E-state index contributed by atoms with van der Waals surface area (Å²) in [5.41, 5.74) is 8.76. The van der Waals surface area contributed by atoms with E-state index in [1.807, 2.05) is 24.3 Å². The van der Waals surface area contributed by atoms with Crippen LogP contribution in [0.2, 0.25) is 10.0 Å². The molecule has 0 amide bonds. The van der Waals surface area contributed by atoms with Gasteiger partial charge in [0.05, 0.1) is 26.8 Å². The van der Waals surface area contributed by atoms with Crippen LogP contribution in [0.3, 0.4) is 0 Å². The molecule has 0 aliphatic heterocycles. The van der Waals surface area contributed by atoms with Crippen molar-refractivity contribution in [3.05, 3.63) is 44.8 Å². The van der Waals surface area contributed by atoms with Gasteiger partial charge in [0.15, 0.2) is 0 Å². The molecular weight excluding hydrogens is 363 g/mol. The van der Waals surface area contributed by atoms with Crippen molar-refractivity contribution in [2.75, 3.05) is 11.1 Å². The molecule has 0 saturated heterocycles. The maximum absolute atomic E-state index is 6.19. The lowest BCUT2D eigenvalue weighted by Crippen LogP contribution is -1.93. The number of hydrogen-bond acceptors (Lipinski definition) is 3. The Hall–Kier alpha value is -1.43. The Bertz CT molecular complexity index is 800. The maximum Gasteiger partial charge on any atom is 0.205 e. The maximum atomic E-state index is 6.19. The van der Waals surface area contributed by atoms with Crippen LogP contribution < -0.4 is 11.1 Å². The number of halogens is 3. The number of aromatic nitrogens is 2. The Morgan fingerprint density at radius 1 is 1.15 bits per heavy atom. The van der Waals surface area contributed by atoms with Crippen LogP contribution in [0.4, 0.5) is 17.3 Å². The van der Waals surface area contributed by atoms with Crippen LogP contribution in [0.25, 0.3) is 11.0 Å². The molecule has 0 aliphatic rings. The van der Waals surface area contributed by atoms with Gasteiger partial charge < -0.3 is 16.0 Å². The van der Waals surface area contributed by atoms with Gasteiger partial charge in [-0.05, 0) is 46.3 Å². The third kappa shape index (κ3) is 2.44. The highest BCUT2D eigenvalue weighted by atomic mass is 79.9. The molecule has 102 valence electrons. The molecule has 0 atom stereocenters. The number of rotatable bonds is 2. The SMILES string of the molecule is Nc1ccc2nc(Nc3ccc(Br)c(Cl)c3Cl)[nH]c2c1. The molecule has 0 aliphatic carbocycles. The fourth-order valence-corrected chi connectivity index (χ4v) is 2.66. The van der Waals surface area contributed by atoms with Crippen molar-refractivity contribution in [3.63, 3.8) is 0 Å². The van der Waals surface area contributed by atoms with Gasteiger partial charge in [-0.15, -0.1) is 0 Å². The summed E-state index contributed by atoms with van der Waals surface area (Å²) in [6.07, 6.45) is 0. The molecule has 3 aromatic rings. The van der Waals surface area contributed by atoms with Crippen LogP contribution in [-0.4, -0.2) is 9.97 Å². The molecule has 20 heavy (non-hydrogen) atoms. The average Bonchev–Trinajstić information content (AvgIpc) is 2.81. The molecule has 4 N–H and O–H groups in total. The van der Waals surface area contributed by atoms with Crippen molar-refractivity contribution in [1.82, 2.24) is 9.97 Å². The second kappa shape index (κ2) is 5.16. The number of fused-ring (bicyclic) bond motifs is 1. The minimum absolute atomic E-state index is 0.431. The van der Waals surface area contributed by atoms with E-state index in [1.54, 1.807) is 6.07 Å². The molecule has 4 nitrogen and oxygen atoms in total. The number of H-pyrrole nitrogens is 1. The van der Waals surface area contributed by atoms with E-state index < -0.39 is 0 Å². The third-order valence-corrected chi connectivity index (χ3v) is 4.57. The van der Waals surface area contributed by atoms with Crippen molar-refractivity contribution in [2.24, 2.45) is 0 Å². The van der Waals surface area contributed by atoms with Crippen molar-refractivity contribution in [3.8, 4) is 0 Å². The summed E-state index contributed by atoms with van der Waals surface area (Å²) < 4.78 is 0.743. The highest BCUT2D eigenvalue weighted by Crippen LogP contribution is 2.36. The Balaban J connectivity index is 1.99. The van der Waals surface area contributed by atoms with Crippen molar-refractivity contribution in [2.45, 2.75) is 0 Å². The number of nitrogen functional groups attached to an aromatic ring is 1. The van der Waals surface area contributed by atoms with E-state index in [2.05, 4.69) is 31.2 Å². The van der Waals surface area contributed by atoms with Gasteiger partial charge in [-0.25, -0.2) is 4.98 Å². The van der Waals surface area contributed by atoms with Crippen LogP contribution in [0, 0.1) is 0 Å². The summed E-state index contributed by atoms with van der Waals surface area (Å²) in [4.78, 5) is 7.54. The summed E-state index contributed by atoms with van der Waals surface area (Å²) in [7, 11) is 0. The molecule has 0 unspecified atom stereocenters. The molecule has 0 spiro atoms. The van der Waals surface area contributed by atoms with Crippen molar-refractivity contribution < 1.29 is 0 Å². The zero-order valence-electron chi connectivity index (χ0n) is 10.0. The Kier molecular flexibility index (Phi) is 3.50. The summed E-state index contributed by atoms with van der Waals surface area (Å²) in [5.74, 6) is 0.575. The predicted octanol–water partition coefficient (Wildman–Crippen LogP) is 4.96. The van der Waals surface area contributed by atoms with Crippen LogP contribution in [0.1, 0.15) is 0 Å². The van der Waals surface area contributed by atoms with E-state index in [4.69, 9.17) is 28.9 Å². The number of nitrogens with one attached hydrogen (secondary N) is 2. The second-order valence-corrected chi connectivity index (χ2v) is 5.82. The normalized spacial score (nSPS) is 10.9. The smallest absolute Gasteiger partial charge is 0.205 e. The average molecular weight is 372 g/mol. The first-order chi connectivity index (χ1) is 9.54. The van der Waals surface area contributed by atoms with E-state index in [1.165, 1.54) is 0 Å². The van der Waals surface area contributed by atoms with Crippen LogP contribution in [-0.2, 0) is 0 Å². The number of nitrogens with zero attached hydrogens (tertiary/aromatic N) is 1. The van der Waals surface area contributed by atoms with Crippen LogP contribution in [0.5, 0.6) is 0 Å². The number of aromatic amines is 1. The van der Waals surface area contributed by atoms with Gasteiger partial charge in [-0.2, -0.15) is 0 Å². The predicted molar refractivity (Wildman–Crippen MR) is 88.0 cm³/mol. The number of hydrogen-bond donors (Lipinski definition) is 3. The summed E-state index contributed by atoms with van der Waals surface area (Å²) in [6, 6.07) is 9.11. The molecule has 2 aromatic carbocycles. The zero-order valence-corrected chi connectivity index (χ0v) is 13.1.